The minimum atomic E-state index is -0.572. The molecule has 0 aromatic carbocycles. The van der Waals surface area contributed by atoms with E-state index >= 15 is 0 Å². The van der Waals surface area contributed by atoms with Gasteiger partial charge in [-0.25, -0.2) is 4.79 Å². The van der Waals surface area contributed by atoms with Crippen molar-refractivity contribution < 1.29 is 9.90 Å². The van der Waals surface area contributed by atoms with E-state index in [1.807, 2.05) is 49.6 Å². The molecule has 22 heavy (non-hydrogen) atoms. The van der Waals surface area contributed by atoms with Crippen molar-refractivity contribution in [2.24, 2.45) is 0 Å². The highest BCUT2D eigenvalue weighted by molar-refractivity contribution is 5.75. The maximum Gasteiger partial charge on any atom is 0.318 e. The molecule has 0 radical (unpaired) electrons. The molecule has 2 atom stereocenters. The summed E-state index contributed by atoms with van der Waals surface area (Å²) in [6.07, 6.45) is 1.29. The van der Waals surface area contributed by atoms with Gasteiger partial charge in [0.2, 0.25) is 0 Å². The molecule has 0 aliphatic heterocycles. The predicted molar refractivity (Wildman–Crippen MR) is 83.5 cm³/mol. The number of carbonyl (C=O) groups is 1. The molecule has 2 aromatic heterocycles. The molecule has 0 bridgehead atoms. The first-order valence-electron chi connectivity index (χ1n) is 7.45. The fraction of sp³-hybridized carbons (Fsp3) is 0.533. The standard InChI is InChI=1S/C15H23N5O2/c1-10(2)20(9-11(3)21)15(22)16-12(4)14-18-17-13-7-5-6-8-19(13)14/h5-8,10-12,21H,9H2,1-4H3,(H,16,22). The maximum absolute atomic E-state index is 12.4. The van der Waals surface area contributed by atoms with Crippen LogP contribution in [0.2, 0.25) is 0 Å². The summed E-state index contributed by atoms with van der Waals surface area (Å²) in [5, 5.41) is 20.7. The average molecular weight is 305 g/mol. The Morgan fingerprint density at radius 3 is 2.68 bits per heavy atom. The predicted octanol–water partition coefficient (Wildman–Crippen LogP) is 1.59. The number of urea groups is 1. The molecule has 0 aliphatic rings. The molecule has 0 saturated heterocycles. The molecule has 7 nitrogen and oxygen atoms in total. The molecular weight excluding hydrogens is 282 g/mol. The van der Waals surface area contributed by atoms with Crippen LogP contribution in [0.1, 0.15) is 39.6 Å². The van der Waals surface area contributed by atoms with Gasteiger partial charge in [0.15, 0.2) is 11.5 Å². The lowest BCUT2D eigenvalue weighted by molar-refractivity contribution is 0.117. The third-order valence-corrected chi connectivity index (χ3v) is 3.41. The van der Waals surface area contributed by atoms with E-state index in [0.717, 1.165) is 5.65 Å². The van der Waals surface area contributed by atoms with Gasteiger partial charge >= 0.3 is 6.03 Å². The number of amides is 2. The Bertz CT molecular complexity index is 638. The third kappa shape index (κ3) is 3.54. The quantitative estimate of drug-likeness (QED) is 0.879. The van der Waals surface area contributed by atoms with Crippen LogP contribution < -0.4 is 5.32 Å². The molecule has 0 aliphatic carbocycles. The summed E-state index contributed by atoms with van der Waals surface area (Å²) in [7, 11) is 0. The molecule has 7 heteroatoms. The molecule has 0 fully saturated rings. The second-order valence-electron chi connectivity index (χ2n) is 5.75. The average Bonchev–Trinajstić information content (AvgIpc) is 2.88. The second kappa shape index (κ2) is 6.74. The summed E-state index contributed by atoms with van der Waals surface area (Å²) >= 11 is 0. The number of carbonyl (C=O) groups excluding carboxylic acids is 1. The fourth-order valence-corrected chi connectivity index (χ4v) is 2.30. The Morgan fingerprint density at radius 1 is 1.32 bits per heavy atom. The lowest BCUT2D eigenvalue weighted by atomic mass is 10.2. The summed E-state index contributed by atoms with van der Waals surface area (Å²) in [5.74, 6) is 0.671. The third-order valence-electron chi connectivity index (χ3n) is 3.41. The highest BCUT2D eigenvalue weighted by atomic mass is 16.3. The van der Waals surface area contributed by atoms with Crippen molar-refractivity contribution in [1.29, 1.82) is 0 Å². The molecule has 0 spiro atoms. The molecule has 2 N–H and O–H groups in total. The molecule has 120 valence electrons. The van der Waals surface area contributed by atoms with Crippen molar-refractivity contribution in [2.45, 2.75) is 45.9 Å². The molecule has 2 rings (SSSR count). The highest BCUT2D eigenvalue weighted by Crippen LogP contribution is 2.13. The number of nitrogens with zero attached hydrogens (tertiary/aromatic N) is 4. The van der Waals surface area contributed by atoms with Crippen LogP contribution in [-0.2, 0) is 0 Å². The van der Waals surface area contributed by atoms with Crippen LogP contribution in [0.4, 0.5) is 4.79 Å². The van der Waals surface area contributed by atoms with Crippen molar-refractivity contribution in [2.75, 3.05) is 6.54 Å². The van der Waals surface area contributed by atoms with Crippen molar-refractivity contribution in [3.63, 3.8) is 0 Å². The van der Waals surface area contributed by atoms with Gasteiger partial charge in [-0.2, -0.15) is 0 Å². The molecule has 2 unspecified atom stereocenters. The van der Waals surface area contributed by atoms with E-state index in [-0.39, 0.29) is 24.7 Å². The summed E-state index contributed by atoms with van der Waals surface area (Å²) in [4.78, 5) is 14.0. The second-order valence-corrected chi connectivity index (χ2v) is 5.75. The monoisotopic (exact) mass is 305 g/mol. The molecule has 0 saturated carbocycles. The van der Waals surface area contributed by atoms with Gasteiger partial charge in [-0.1, -0.05) is 6.07 Å². The Hall–Kier alpha value is -2.15. The number of pyridine rings is 1. The molecular formula is C15H23N5O2. The van der Waals surface area contributed by atoms with E-state index in [1.54, 1.807) is 11.8 Å². The largest absolute Gasteiger partial charge is 0.392 e. The number of aliphatic hydroxyl groups excluding tert-OH is 1. The number of fused-ring (bicyclic) bond motifs is 1. The first kappa shape index (κ1) is 16.2. The van der Waals surface area contributed by atoms with Gasteiger partial charge in [-0.15, -0.1) is 10.2 Å². The van der Waals surface area contributed by atoms with Gasteiger partial charge in [-0.3, -0.25) is 4.40 Å². The first-order valence-corrected chi connectivity index (χ1v) is 7.45. The van der Waals surface area contributed by atoms with E-state index in [9.17, 15) is 9.90 Å². The summed E-state index contributed by atoms with van der Waals surface area (Å²) in [6.45, 7) is 7.65. The van der Waals surface area contributed by atoms with Gasteiger partial charge < -0.3 is 15.3 Å². The number of aromatic nitrogens is 3. The van der Waals surface area contributed by atoms with E-state index in [0.29, 0.717) is 5.82 Å². The number of nitrogens with one attached hydrogen (secondary N) is 1. The van der Waals surface area contributed by atoms with Crippen molar-refractivity contribution >= 4 is 11.7 Å². The van der Waals surface area contributed by atoms with Crippen LogP contribution in [0, 0.1) is 0 Å². The number of hydrogen-bond donors (Lipinski definition) is 2. The zero-order valence-corrected chi connectivity index (χ0v) is 13.4. The number of hydrogen-bond acceptors (Lipinski definition) is 4. The van der Waals surface area contributed by atoms with Crippen molar-refractivity contribution in [1.82, 2.24) is 24.8 Å². The van der Waals surface area contributed by atoms with E-state index < -0.39 is 6.10 Å². The molecule has 2 heterocycles. The van der Waals surface area contributed by atoms with Gasteiger partial charge in [0.25, 0.3) is 0 Å². The topological polar surface area (TPSA) is 82.8 Å². The molecule has 2 aromatic rings. The van der Waals surface area contributed by atoms with Crippen LogP contribution in [-0.4, -0.2) is 49.3 Å². The fourth-order valence-electron chi connectivity index (χ4n) is 2.30. The Morgan fingerprint density at radius 2 is 2.05 bits per heavy atom. The summed E-state index contributed by atoms with van der Waals surface area (Å²) in [5.41, 5.74) is 0.739. The van der Waals surface area contributed by atoms with Crippen LogP contribution in [0.15, 0.2) is 24.4 Å². The zero-order valence-electron chi connectivity index (χ0n) is 13.4. The van der Waals surface area contributed by atoms with Crippen LogP contribution in [0.3, 0.4) is 0 Å². The SMILES string of the molecule is CC(O)CN(C(=O)NC(C)c1nnc2ccccn12)C(C)C. The smallest absolute Gasteiger partial charge is 0.318 e. The first-order chi connectivity index (χ1) is 10.4. The number of aliphatic hydroxyl groups is 1. The van der Waals surface area contributed by atoms with Gasteiger partial charge in [0, 0.05) is 18.8 Å². The highest BCUT2D eigenvalue weighted by Gasteiger charge is 2.22. The van der Waals surface area contributed by atoms with E-state index in [1.165, 1.54) is 0 Å². The Labute approximate surface area is 130 Å². The summed E-state index contributed by atoms with van der Waals surface area (Å²) in [6, 6.07) is 5.12. The zero-order chi connectivity index (χ0) is 16.3. The Kier molecular flexibility index (Phi) is 4.97. The number of rotatable bonds is 5. The lowest BCUT2D eigenvalue weighted by Crippen LogP contribution is -2.47. The molecule has 2 amide bonds. The lowest BCUT2D eigenvalue weighted by Gasteiger charge is -2.29. The van der Waals surface area contributed by atoms with Gasteiger partial charge in [-0.05, 0) is 39.8 Å². The normalized spacial score (nSPS) is 14.1. The van der Waals surface area contributed by atoms with Gasteiger partial charge in [0.1, 0.15) is 0 Å². The minimum absolute atomic E-state index is 0.00283. The maximum atomic E-state index is 12.4. The summed E-state index contributed by atoms with van der Waals surface area (Å²) < 4.78 is 1.85. The van der Waals surface area contributed by atoms with Crippen LogP contribution in [0.5, 0.6) is 0 Å². The van der Waals surface area contributed by atoms with Crippen LogP contribution >= 0.6 is 0 Å². The van der Waals surface area contributed by atoms with E-state index in [2.05, 4.69) is 15.5 Å². The van der Waals surface area contributed by atoms with Crippen molar-refractivity contribution in [3.05, 3.63) is 30.2 Å². The minimum Gasteiger partial charge on any atom is -0.392 e. The van der Waals surface area contributed by atoms with Crippen molar-refractivity contribution in [3.8, 4) is 0 Å². The van der Waals surface area contributed by atoms with Crippen LogP contribution in [0.25, 0.3) is 5.65 Å². The van der Waals surface area contributed by atoms with Gasteiger partial charge in [0.05, 0.1) is 12.1 Å². The van der Waals surface area contributed by atoms with E-state index in [4.69, 9.17) is 0 Å². The Balaban J connectivity index is 2.13.